The lowest BCUT2D eigenvalue weighted by Gasteiger charge is -2.28. The van der Waals surface area contributed by atoms with E-state index >= 15 is 0 Å². The average molecular weight is 333 g/mol. The highest BCUT2D eigenvalue weighted by molar-refractivity contribution is 5.95. The summed E-state index contributed by atoms with van der Waals surface area (Å²) in [5.41, 5.74) is 1.56. The standard InChI is InChI=1S/C18H27N3O3/c1-11(2)8-12(3)21(5)18(23)19-13(4)14-6-7-16-15(9-14)20-17(22)10-24-16/h6-7,9,11-13H,8,10H2,1-5H3,(H,19,23)(H,20,22). The van der Waals surface area contributed by atoms with Crippen molar-refractivity contribution in [2.75, 3.05) is 19.0 Å². The highest BCUT2D eigenvalue weighted by Gasteiger charge is 2.21. The van der Waals surface area contributed by atoms with Crippen LogP contribution in [0.25, 0.3) is 0 Å². The third kappa shape index (κ3) is 4.40. The van der Waals surface area contributed by atoms with Gasteiger partial charge in [0.25, 0.3) is 5.91 Å². The minimum Gasteiger partial charge on any atom is -0.482 e. The van der Waals surface area contributed by atoms with Crippen LogP contribution in [0.3, 0.4) is 0 Å². The van der Waals surface area contributed by atoms with Crippen LogP contribution in [-0.4, -0.2) is 36.5 Å². The molecule has 1 aliphatic rings. The Hall–Kier alpha value is -2.24. The van der Waals surface area contributed by atoms with E-state index in [0.717, 1.165) is 12.0 Å². The molecule has 2 N–H and O–H groups in total. The normalized spacial score (nSPS) is 15.8. The van der Waals surface area contributed by atoms with Crippen molar-refractivity contribution in [2.24, 2.45) is 5.92 Å². The third-order valence-electron chi connectivity index (χ3n) is 4.27. The average Bonchev–Trinajstić information content (AvgIpc) is 2.52. The highest BCUT2D eigenvalue weighted by atomic mass is 16.5. The van der Waals surface area contributed by atoms with Crippen molar-refractivity contribution in [1.82, 2.24) is 10.2 Å². The molecule has 2 rings (SSSR count). The Labute approximate surface area is 143 Å². The van der Waals surface area contributed by atoms with Crippen LogP contribution in [0.2, 0.25) is 0 Å². The molecule has 1 aromatic carbocycles. The van der Waals surface area contributed by atoms with Crippen molar-refractivity contribution in [2.45, 2.75) is 46.2 Å². The van der Waals surface area contributed by atoms with Crippen LogP contribution in [0.5, 0.6) is 5.75 Å². The number of hydrogen-bond acceptors (Lipinski definition) is 3. The van der Waals surface area contributed by atoms with Crippen molar-refractivity contribution in [3.63, 3.8) is 0 Å². The van der Waals surface area contributed by atoms with E-state index in [9.17, 15) is 9.59 Å². The second-order valence-corrected chi connectivity index (χ2v) is 6.85. The molecular weight excluding hydrogens is 306 g/mol. The summed E-state index contributed by atoms with van der Waals surface area (Å²) >= 11 is 0. The fraction of sp³-hybridized carbons (Fsp3) is 0.556. The lowest BCUT2D eigenvalue weighted by molar-refractivity contribution is -0.118. The Bertz CT molecular complexity index is 616. The molecule has 0 spiro atoms. The van der Waals surface area contributed by atoms with Crippen molar-refractivity contribution in [3.8, 4) is 5.75 Å². The Balaban J connectivity index is 2.01. The monoisotopic (exact) mass is 333 g/mol. The first-order valence-corrected chi connectivity index (χ1v) is 8.37. The number of ether oxygens (including phenoxy) is 1. The van der Waals surface area contributed by atoms with Gasteiger partial charge in [0.1, 0.15) is 5.75 Å². The maximum atomic E-state index is 12.4. The van der Waals surface area contributed by atoms with Crippen molar-refractivity contribution in [1.29, 1.82) is 0 Å². The predicted octanol–water partition coefficient (Wildman–Crippen LogP) is 3.15. The maximum absolute atomic E-state index is 12.4. The molecule has 6 heteroatoms. The first kappa shape index (κ1) is 18.1. The number of benzene rings is 1. The van der Waals surface area contributed by atoms with E-state index in [1.54, 1.807) is 4.90 Å². The number of amides is 3. The largest absolute Gasteiger partial charge is 0.482 e. The smallest absolute Gasteiger partial charge is 0.317 e. The van der Waals surface area contributed by atoms with Gasteiger partial charge in [0.2, 0.25) is 0 Å². The van der Waals surface area contributed by atoms with E-state index in [-0.39, 0.29) is 30.6 Å². The highest BCUT2D eigenvalue weighted by Crippen LogP contribution is 2.30. The summed E-state index contributed by atoms with van der Waals surface area (Å²) in [5, 5.41) is 5.79. The minimum atomic E-state index is -0.171. The maximum Gasteiger partial charge on any atom is 0.317 e. The van der Waals surface area contributed by atoms with Crippen LogP contribution in [0.4, 0.5) is 10.5 Å². The quantitative estimate of drug-likeness (QED) is 0.869. The number of hydrogen-bond donors (Lipinski definition) is 2. The molecule has 0 aromatic heterocycles. The van der Waals surface area contributed by atoms with Crippen LogP contribution < -0.4 is 15.4 Å². The third-order valence-corrected chi connectivity index (χ3v) is 4.27. The van der Waals surface area contributed by atoms with Crippen molar-refractivity contribution in [3.05, 3.63) is 23.8 Å². The van der Waals surface area contributed by atoms with Crippen LogP contribution in [-0.2, 0) is 4.79 Å². The molecule has 132 valence electrons. The fourth-order valence-electron chi connectivity index (χ4n) is 2.78. The molecule has 1 heterocycles. The molecule has 3 amide bonds. The van der Waals surface area contributed by atoms with Gasteiger partial charge < -0.3 is 20.3 Å². The van der Waals surface area contributed by atoms with E-state index in [2.05, 4.69) is 31.4 Å². The van der Waals surface area contributed by atoms with Gasteiger partial charge in [-0.15, -0.1) is 0 Å². The van der Waals surface area contributed by atoms with Crippen LogP contribution >= 0.6 is 0 Å². The first-order valence-electron chi connectivity index (χ1n) is 8.37. The topological polar surface area (TPSA) is 70.7 Å². The zero-order valence-electron chi connectivity index (χ0n) is 15.1. The number of carbonyl (C=O) groups is 2. The van der Waals surface area contributed by atoms with E-state index in [1.807, 2.05) is 32.2 Å². The summed E-state index contributed by atoms with van der Waals surface area (Å²) in [6.07, 6.45) is 0.959. The van der Waals surface area contributed by atoms with E-state index in [0.29, 0.717) is 17.4 Å². The lowest BCUT2D eigenvalue weighted by Crippen LogP contribution is -2.43. The fourth-order valence-corrected chi connectivity index (χ4v) is 2.78. The second kappa shape index (κ2) is 7.55. The molecule has 0 radical (unpaired) electrons. The zero-order chi connectivity index (χ0) is 17.9. The summed E-state index contributed by atoms with van der Waals surface area (Å²) in [6, 6.07) is 5.46. The number of nitrogens with zero attached hydrogens (tertiary/aromatic N) is 1. The van der Waals surface area contributed by atoms with E-state index < -0.39 is 0 Å². The van der Waals surface area contributed by atoms with Gasteiger partial charge in [-0.1, -0.05) is 19.9 Å². The molecule has 24 heavy (non-hydrogen) atoms. The van der Waals surface area contributed by atoms with Gasteiger partial charge in [-0.3, -0.25) is 4.79 Å². The molecule has 2 atom stereocenters. The van der Waals surface area contributed by atoms with Gasteiger partial charge in [0.15, 0.2) is 6.61 Å². The molecule has 1 aromatic rings. The number of carbonyl (C=O) groups excluding carboxylic acids is 2. The summed E-state index contributed by atoms with van der Waals surface area (Å²) in [7, 11) is 1.82. The van der Waals surface area contributed by atoms with Gasteiger partial charge in [-0.2, -0.15) is 0 Å². The Morgan fingerprint density at radius 1 is 1.33 bits per heavy atom. The molecule has 0 bridgehead atoms. The van der Waals surface area contributed by atoms with Crippen molar-refractivity contribution < 1.29 is 14.3 Å². The lowest BCUT2D eigenvalue weighted by atomic mass is 10.0. The van der Waals surface area contributed by atoms with Crippen LogP contribution in [0, 0.1) is 5.92 Å². The number of fused-ring (bicyclic) bond motifs is 1. The number of urea groups is 1. The summed E-state index contributed by atoms with van der Waals surface area (Å²) in [4.78, 5) is 25.6. The Kier molecular flexibility index (Phi) is 5.70. The summed E-state index contributed by atoms with van der Waals surface area (Å²) < 4.78 is 5.35. The second-order valence-electron chi connectivity index (χ2n) is 6.85. The van der Waals surface area contributed by atoms with Gasteiger partial charge in [-0.05, 0) is 43.9 Å². The Morgan fingerprint density at radius 2 is 2.04 bits per heavy atom. The minimum absolute atomic E-state index is 0.0389. The van der Waals surface area contributed by atoms with E-state index in [4.69, 9.17) is 4.74 Å². The van der Waals surface area contributed by atoms with E-state index in [1.165, 1.54) is 0 Å². The molecule has 6 nitrogen and oxygen atoms in total. The SMILES string of the molecule is CC(C)CC(C)N(C)C(=O)NC(C)c1ccc2c(c1)NC(=O)CO2. The zero-order valence-corrected chi connectivity index (χ0v) is 15.1. The van der Waals surface area contributed by atoms with Gasteiger partial charge in [-0.25, -0.2) is 4.79 Å². The van der Waals surface area contributed by atoms with Crippen LogP contribution in [0.1, 0.15) is 45.7 Å². The number of nitrogens with one attached hydrogen (secondary N) is 2. The summed E-state index contributed by atoms with van der Waals surface area (Å²) in [5.74, 6) is 1.02. The van der Waals surface area contributed by atoms with Gasteiger partial charge in [0.05, 0.1) is 11.7 Å². The van der Waals surface area contributed by atoms with Crippen molar-refractivity contribution >= 4 is 17.6 Å². The predicted molar refractivity (Wildman–Crippen MR) is 94.2 cm³/mol. The molecule has 1 aliphatic heterocycles. The number of anilines is 1. The van der Waals surface area contributed by atoms with Gasteiger partial charge in [0, 0.05) is 13.1 Å². The summed E-state index contributed by atoms with van der Waals surface area (Å²) in [6.45, 7) is 8.31. The molecular formula is C18H27N3O3. The Morgan fingerprint density at radius 3 is 2.71 bits per heavy atom. The van der Waals surface area contributed by atoms with Gasteiger partial charge >= 0.3 is 6.03 Å². The molecule has 0 aliphatic carbocycles. The number of rotatable bonds is 5. The molecule has 0 saturated carbocycles. The first-order chi connectivity index (χ1) is 11.3. The van der Waals surface area contributed by atoms with Crippen LogP contribution in [0.15, 0.2) is 18.2 Å². The molecule has 0 fully saturated rings. The molecule has 0 saturated heterocycles. The molecule has 2 unspecified atom stereocenters.